The fourth-order valence-corrected chi connectivity index (χ4v) is 2.47. The minimum atomic E-state index is -4.98. The highest BCUT2D eigenvalue weighted by Gasteiger charge is 2.55. The van der Waals surface area contributed by atoms with Crippen LogP contribution in [0.1, 0.15) is 5.56 Å². The summed E-state index contributed by atoms with van der Waals surface area (Å²) in [5.74, 6) is -9.25. The summed E-state index contributed by atoms with van der Waals surface area (Å²) < 4.78 is 49.2. The van der Waals surface area contributed by atoms with Crippen LogP contribution in [0.15, 0.2) is 30.3 Å². The van der Waals surface area contributed by atoms with Gasteiger partial charge in [-0.25, -0.2) is 0 Å². The molecule has 0 aliphatic carbocycles. The zero-order chi connectivity index (χ0) is 18.3. The van der Waals surface area contributed by atoms with Gasteiger partial charge in [0.25, 0.3) is 0 Å². The lowest BCUT2D eigenvalue weighted by Gasteiger charge is -2.29. The third-order valence-corrected chi connectivity index (χ3v) is 3.60. The number of hydrogen-bond acceptors (Lipinski definition) is 5. The van der Waals surface area contributed by atoms with Gasteiger partial charge in [-0.05, 0) is 12.0 Å². The number of halogens is 3. The Balaban J connectivity index is 3.28. The zero-order valence-corrected chi connectivity index (χ0v) is 13.1. The highest BCUT2D eigenvalue weighted by molar-refractivity contribution is 5.95. The number of rotatable bonds is 7. The number of ether oxygens (including phenoxy) is 2. The molecule has 8 heteroatoms. The lowest BCUT2D eigenvalue weighted by Crippen LogP contribution is -2.46. The van der Waals surface area contributed by atoms with Crippen molar-refractivity contribution in [3.05, 3.63) is 35.9 Å². The molecule has 0 amide bonds. The highest BCUT2D eigenvalue weighted by Crippen LogP contribution is 2.39. The van der Waals surface area contributed by atoms with E-state index in [1.807, 2.05) is 0 Å². The second-order valence-electron chi connectivity index (χ2n) is 5.08. The summed E-state index contributed by atoms with van der Waals surface area (Å²) in [6.45, 7) is 0. The summed E-state index contributed by atoms with van der Waals surface area (Å²) in [5, 5.41) is 0. The molecule has 1 aromatic rings. The first-order valence-electron chi connectivity index (χ1n) is 6.97. The molecule has 5 nitrogen and oxygen atoms in total. The molecule has 24 heavy (non-hydrogen) atoms. The van der Waals surface area contributed by atoms with E-state index in [0.29, 0.717) is 5.56 Å². The fourth-order valence-electron chi connectivity index (χ4n) is 2.47. The van der Waals surface area contributed by atoms with E-state index < -0.39 is 35.9 Å². The molecule has 0 heterocycles. The van der Waals surface area contributed by atoms with E-state index >= 15 is 0 Å². The first kappa shape index (κ1) is 19.7. The van der Waals surface area contributed by atoms with Crippen molar-refractivity contribution in [2.75, 3.05) is 14.2 Å². The van der Waals surface area contributed by atoms with E-state index in [9.17, 15) is 27.6 Å². The average Bonchev–Trinajstić information content (AvgIpc) is 2.56. The van der Waals surface area contributed by atoms with Crippen molar-refractivity contribution >= 4 is 18.2 Å². The number of esters is 2. The maximum Gasteiger partial charge on any atom is 0.393 e. The molecule has 0 fully saturated rings. The van der Waals surface area contributed by atoms with Gasteiger partial charge in [-0.3, -0.25) is 9.59 Å². The molecule has 1 aromatic carbocycles. The predicted molar refractivity (Wildman–Crippen MR) is 76.8 cm³/mol. The molecule has 1 rings (SSSR count). The molecule has 0 aliphatic rings. The highest BCUT2D eigenvalue weighted by atomic mass is 19.4. The van der Waals surface area contributed by atoms with Gasteiger partial charge in [0.05, 0.1) is 20.1 Å². The summed E-state index contributed by atoms with van der Waals surface area (Å²) in [5.41, 5.74) is 0.470. The van der Waals surface area contributed by atoms with E-state index in [2.05, 4.69) is 9.47 Å². The minimum Gasteiger partial charge on any atom is -0.468 e. The molecule has 0 aromatic heterocycles. The Labute approximate surface area is 136 Å². The molecule has 0 radical (unpaired) electrons. The molecule has 0 saturated carbocycles. The van der Waals surface area contributed by atoms with Gasteiger partial charge in [-0.1, -0.05) is 30.3 Å². The summed E-state index contributed by atoms with van der Waals surface area (Å²) >= 11 is 0. The Bertz CT molecular complexity index is 555. The van der Waals surface area contributed by atoms with Crippen molar-refractivity contribution in [2.45, 2.75) is 12.6 Å². The molecule has 0 bridgehead atoms. The van der Waals surface area contributed by atoms with E-state index in [1.54, 1.807) is 30.3 Å². The van der Waals surface area contributed by atoms with Crippen molar-refractivity contribution in [3.8, 4) is 0 Å². The number of hydrogen-bond donors (Lipinski definition) is 0. The number of alkyl halides is 3. The van der Waals surface area contributed by atoms with Gasteiger partial charge in [-0.15, -0.1) is 0 Å². The lowest BCUT2D eigenvalue weighted by molar-refractivity contribution is -0.214. The van der Waals surface area contributed by atoms with Crippen molar-refractivity contribution in [3.63, 3.8) is 0 Å². The van der Waals surface area contributed by atoms with Crippen LogP contribution in [0, 0.1) is 17.8 Å². The summed E-state index contributed by atoms with van der Waals surface area (Å²) in [6, 6.07) is 7.99. The smallest absolute Gasteiger partial charge is 0.393 e. The van der Waals surface area contributed by atoms with Crippen molar-refractivity contribution in [2.24, 2.45) is 17.8 Å². The van der Waals surface area contributed by atoms with Crippen LogP contribution in [0.3, 0.4) is 0 Å². The van der Waals surface area contributed by atoms with Gasteiger partial charge in [0.15, 0.2) is 5.92 Å². The Morgan fingerprint density at radius 3 is 1.96 bits per heavy atom. The number of carbonyl (C=O) groups is 3. The second-order valence-corrected chi connectivity index (χ2v) is 5.08. The van der Waals surface area contributed by atoms with E-state index in [1.165, 1.54) is 0 Å². The summed E-state index contributed by atoms with van der Waals surface area (Å²) in [4.78, 5) is 34.8. The van der Waals surface area contributed by atoms with Crippen LogP contribution in [-0.4, -0.2) is 38.6 Å². The normalized spacial score (nSPS) is 13.9. The summed E-state index contributed by atoms with van der Waals surface area (Å²) in [6.07, 6.45) is -5.16. The SMILES string of the molecule is COC(=O)C(C(=O)OC)[C@@H]([C@H](C=O)Cc1ccccc1)C(F)(F)F. The van der Waals surface area contributed by atoms with Crippen molar-refractivity contribution in [1.29, 1.82) is 0 Å². The Morgan fingerprint density at radius 2 is 1.58 bits per heavy atom. The number of aldehydes is 1. The molecular formula is C16H17F3O5. The van der Waals surface area contributed by atoms with Crippen molar-refractivity contribution < 1.29 is 37.0 Å². The Morgan fingerprint density at radius 1 is 1.08 bits per heavy atom. The quantitative estimate of drug-likeness (QED) is 0.430. The molecule has 0 unspecified atom stereocenters. The third-order valence-electron chi connectivity index (χ3n) is 3.60. The second kappa shape index (κ2) is 8.47. The standard InChI is InChI=1S/C16H17F3O5/c1-23-14(21)12(15(22)24-2)13(16(17,18)19)11(9-20)8-10-6-4-3-5-7-10/h3-7,9,11-13H,8H2,1-2H3/t11-,13+/m0/s1. The number of methoxy groups -OCH3 is 2. The van der Waals surface area contributed by atoms with Gasteiger partial charge in [0.2, 0.25) is 0 Å². The maximum atomic E-state index is 13.5. The van der Waals surface area contributed by atoms with Gasteiger partial charge in [0.1, 0.15) is 6.29 Å². The molecule has 0 aliphatic heterocycles. The summed E-state index contributed by atoms with van der Waals surface area (Å²) in [7, 11) is 1.72. The Kier molecular flexibility index (Phi) is 6.94. The maximum absolute atomic E-state index is 13.5. The van der Waals surface area contributed by atoms with E-state index in [-0.39, 0.29) is 12.7 Å². The first-order chi connectivity index (χ1) is 11.3. The predicted octanol–water partition coefficient (Wildman–Crippen LogP) is 2.18. The van der Waals surface area contributed by atoms with Crippen LogP contribution in [0.2, 0.25) is 0 Å². The van der Waals surface area contributed by atoms with Crippen molar-refractivity contribution in [1.82, 2.24) is 0 Å². The lowest BCUT2D eigenvalue weighted by atomic mass is 9.78. The molecule has 2 atom stereocenters. The van der Waals surface area contributed by atoms with Gasteiger partial charge < -0.3 is 14.3 Å². The molecule has 0 N–H and O–H groups in total. The van der Waals surface area contributed by atoms with Crippen LogP contribution in [0.4, 0.5) is 13.2 Å². The average molecular weight is 346 g/mol. The van der Waals surface area contributed by atoms with E-state index in [4.69, 9.17) is 0 Å². The zero-order valence-electron chi connectivity index (χ0n) is 13.1. The van der Waals surface area contributed by atoms with Crippen LogP contribution >= 0.6 is 0 Å². The third kappa shape index (κ3) is 4.81. The topological polar surface area (TPSA) is 69.7 Å². The first-order valence-corrected chi connectivity index (χ1v) is 6.97. The van der Waals surface area contributed by atoms with Crippen LogP contribution in [0.25, 0.3) is 0 Å². The molecular weight excluding hydrogens is 329 g/mol. The van der Waals surface area contributed by atoms with Gasteiger partial charge >= 0.3 is 18.1 Å². The van der Waals surface area contributed by atoms with Crippen LogP contribution < -0.4 is 0 Å². The monoisotopic (exact) mass is 346 g/mol. The molecule has 0 spiro atoms. The van der Waals surface area contributed by atoms with Gasteiger partial charge in [0, 0.05) is 5.92 Å². The van der Waals surface area contributed by atoms with Crippen LogP contribution in [0.5, 0.6) is 0 Å². The number of carbonyl (C=O) groups excluding carboxylic acids is 3. The van der Waals surface area contributed by atoms with Gasteiger partial charge in [-0.2, -0.15) is 13.2 Å². The Hall–Kier alpha value is -2.38. The fraction of sp³-hybridized carbons (Fsp3) is 0.438. The van der Waals surface area contributed by atoms with Crippen LogP contribution in [-0.2, 0) is 30.3 Å². The minimum absolute atomic E-state index is 0.101. The molecule has 0 saturated heterocycles. The largest absolute Gasteiger partial charge is 0.468 e. The number of benzene rings is 1. The molecule has 132 valence electrons. The van der Waals surface area contributed by atoms with E-state index in [0.717, 1.165) is 14.2 Å².